The number of nitrogens with zero attached hydrogens (tertiary/aromatic N) is 1. The first-order valence-electron chi connectivity index (χ1n) is 6.13. The second-order valence-electron chi connectivity index (χ2n) is 5.30. The van der Waals surface area contributed by atoms with Crippen LogP contribution < -0.4 is 5.32 Å². The zero-order valence-electron chi connectivity index (χ0n) is 11.7. The van der Waals surface area contributed by atoms with Gasteiger partial charge in [0, 0.05) is 32.4 Å². The summed E-state index contributed by atoms with van der Waals surface area (Å²) in [6.45, 7) is 5.04. The van der Waals surface area contributed by atoms with Gasteiger partial charge in [-0.1, -0.05) is 25.4 Å². The van der Waals surface area contributed by atoms with Crippen LogP contribution in [0.3, 0.4) is 0 Å². The van der Waals surface area contributed by atoms with Gasteiger partial charge in [0.2, 0.25) is 0 Å². The van der Waals surface area contributed by atoms with Gasteiger partial charge >= 0.3 is 0 Å². The minimum atomic E-state index is -0.686. The third-order valence-corrected chi connectivity index (χ3v) is 3.27. The molecule has 0 amide bonds. The number of halogens is 2. The van der Waals surface area contributed by atoms with Crippen LogP contribution in [-0.4, -0.2) is 25.2 Å². The van der Waals surface area contributed by atoms with Crippen molar-refractivity contribution in [3.05, 3.63) is 33.1 Å². The van der Waals surface area contributed by atoms with E-state index in [0.717, 1.165) is 18.6 Å². The number of rotatable bonds is 7. The molecule has 0 unspecified atom stereocenters. The van der Waals surface area contributed by atoms with Gasteiger partial charge in [-0.15, -0.1) is 0 Å². The lowest BCUT2D eigenvalue weighted by Gasteiger charge is -2.25. The van der Waals surface area contributed by atoms with E-state index in [1.807, 2.05) is 13.8 Å². The van der Waals surface area contributed by atoms with E-state index in [9.17, 15) is 14.5 Å². The van der Waals surface area contributed by atoms with Gasteiger partial charge in [-0.25, -0.2) is 4.39 Å². The third kappa shape index (κ3) is 4.61. The SMILES string of the molecule is COCCC(C)(C)CNc1cc(F)c(Cl)cc1[N+](=O)[O-]. The summed E-state index contributed by atoms with van der Waals surface area (Å²) in [4.78, 5) is 10.4. The summed E-state index contributed by atoms with van der Waals surface area (Å²) in [7, 11) is 1.61. The smallest absolute Gasteiger partial charge is 0.294 e. The number of methoxy groups -OCH3 is 1. The fraction of sp³-hybridized carbons (Fsp3) is 0.538. The van der Waals surface area contributed by atoms with Crippen molar-refractivity contribution in [1.29, 1.82) is 0 Å². The van der Waals surface area contributed by atoms with E-state index in [2.05, 4.69) is 5.32 Å². The van der Waals surface area contributed by atoms with Gasteiger partial charge < -0.3 is 10.1 Å². The molecule has 1 aromatic rings. The summed E-state index contributed by atoms with van der Waals surface area (Å²) in [5, 5.41) is 13.6. The van der Waals surface area contributed by atoms with Crippen LogP contribution >= 0.6 is 11.6 Å². The summed E-state index contributed by atoms with van der Waals surface area (Å²) < 4.78 is 18.4. The quantitative estimate of drug-likeness (QED) is 0.613. The minimum absolute atomic E-state index is 0.127. The molecule has 1 N–H and O–H groups in total. The number of anilines is 1. The van der Waals surface area contributed by atoms with Gasteiger partial charge in [0.1, 0.15) is 11.5 Å². The van der Waals surface area contributed by atoms with E-state index >= 15 is 0 Å². The second-order valence-corrected chi connectivity index (χ2v) is 5.71. The Balaban J connectivity index is 2.86. The van der Waals surface area contributed by atoms with Crippen LogP contribution in [0.4, 0.5) is 15.8 Å². The number of ether oxygens (including phenoxy) is 1. The Morgan fingerprint density at radius 3 is 2.70 bits per heavy atom. The molecule has 0 atom stereocenters. The molecule has 0 aromatic heterocycles. The lowest BCUT2D eigenvalue weighted by molar-refractivity contribution is -0.384. The van der Waals surface area contributed by atoms with Crippen LogP contribution in [0.25, 0.3) is 0 Å². The van der Waals surface area contributed by atoms with E-state index in [-0.39, 0.29) is 21.8 Å². The lowest BCUT2D eigenvalue weighted by Crippen LogP contribution is -2.25. The molecule has 7 heteroatoms. The monoisotopic (exact) mass is 304 g/mol. The number of nitrogens with one attached hydrogen (secondary N) is 1. The first kappa shape index (κ1) is 16.7. The highest BCUT2D eigenvalue weighted by Gasteiger charge is 2.22. The van der Waals surface area contributed by atoms with Crippen LogP contribution in [0, 0.1) is 21.3 Å². The van der Waals surface area contributed by atoms with Gasteiger partial charge in [-0.2, -0.15) is 0 Å². The second kappa shape index (κ2) is 6.85. The topological polar surface area (TPSA) is 64.4 Å². The predicted octanol–water partition coefficient (Wildman–Crippen LogP) is 3.86. The standard InChI is InChI=1S/C13H18ClFN2O3/c1-13(2,4-5-20-3)8-16-11-7-10(15)9(14)6-12(11)17(18)19/h6-7,16H,4-5,8H2,1-3H3. The van der Waals surface area contributed by atoms with Gasteiger partial charge in [0.25, 0.3) is 5.69 Å². The Labute approximate surface area is 122 Å². The molecule has 0 radical (unpaired) electrons. The van der Waals surface area contributed by atoms with E-state index in [4.69, 9.17) is 16.3 Å². The summed E-state index contributed by atoms with van der Waals surface area (Å²) >= 11 is 5.56. The molecule has 0 fully saturated rings. The van der Waals surface area contributed by atoms with E-state index in [1.54, 1.807) is 7.11 Å². The van der Waals surface area contributed by atoms with Gasteiger partial charge in [-0.3, -0.25) is 10.1 Å². The molecule has 0 bridgehead atoms. The van der Waals surface area contributed by atoms with Crippen LogP contribution in [0.15, 0.2) is 12.1 Å². The number of nitro benzene ring substituents is 1. The van der Waals surface area contributed by atoms with E-state index in [0.29, 0.717) is 13.2 Å². The maximum absolute atomic E-state index is 13.4. The van der Waals surface area contributed by atoms with Gasteiger partial charge in [0.15, 0.2) is 0 Å². The Kier molecular flexibility index (Phi) is 5.71. The van der Waals surface area contributed by atoms with Crippen molar-refractivity contribution in [3.63, 3.8) is 0 Å². The molecular weight excluding hydrogens is 287 g/mol. The van der Waals surface area contributed by atoms with Gasteiger partial charge in [-0.05, 0) is 11.8 Å². The predicted molar refractivity (Wildman–Crippen MR) is 76.8 cm³/mol. The molecule has 0 heterocycles. The summed E-state index contributed by atoms with van der Waals surface area (Å²) in [6, 6.07) is 2.06. The highest BCUT2D eigenvalue weighted by Crippen LogP contribution is 2.31. The van der Waals surface area contributed by atoms with Crippen LogP contribution in [0.2, 0.25) is 5.02 Å². The van der Waals surface area contributed by atoms with Crippen molar-refractivity contribution in [1.82, 2.24) is 0 Å². The highest BCUT2D eigenvalue weighted by atomic mass is 35.5. The van der Waals surface area contributed by atoms with Crippen LogP contribution in [-0.2, 0) is 4.74 Å². The molecule has 20 heavy (non-hydrogen) atoms. The Morgan fingerprint density at radius 2 is 2.15 bits per heavy atom. The molecular formula is C13H18ClFN2O3. The maximum Gasteiger partial charge on any atom is 0.294 e. The van der Waals surface area contributed by atoms with Crippen molar-refractivity contribution >= 4 is 23.0 Å². The van der Waals surface area contributed by atoms with E-state index < -0.39 is 10.7 Å². The van der Waals surface area contributed by atoms with Crippen LogP contribution in [0.1, 0.15) is 20.3 Å². The summed E-state index contributed by atoms with van der Waals surface area (Å²) in [5.74, 6) is -0.686. The molecule has 0 aliphatic heterocycles. The molecule has 0 saturated heterocycles. The first-order valence-corrected chi connectivity index (χ1v) is 6.51. The van der Waals surface area contributed by atoms with Crippen molar-refractivity contribution in [3.8, 4) is 0 Å². The van der Waals surface area contributed by atoms with E-state index in [1.165, 1.54) is 0 Å². The Hall–Kier alpha value is -1.40. The zero-order chi connectivity index (χ0) is 15.3. The average molecular weight is 305 g/mol. The molecule has 0 saturated carbocycles. The number of hydrogen-bond donors (Lipinski definition) is 1. The lowest BCUT2D eigenvalue weighted by atomic mass is 9.89. The maximum atomic E-state index is 13.4. The zero-order valence-corrected chi connectivity index (χ0v) is 12.5. The molecule has 1 rings (SSSR count). The fourth-order valence-corrected chi connectivity index (χ4v) is 1.79. The molecule has 1 aromatic carbocycles. The summed E-state index contributed by atoms with van der Waals surface area (Å²) in [5.41, 5.74) is -0.249. The van der Waals surface area contributed by atoms with Crippen molar-refractivity contribution < 1.29 is 14.1 Å². The minimum Gasteiger partial charge on any atom is -0.385 e. The molecule has 0 aliphatic carbocycles. The van der Waals surface area contributed by atoms with Crippen molar-refractivity contribution in [2.75, 3.05) is 25.6 Å². The molecule has 112 valence electrons. The molecule has 0 spiro atoms. The normalized spacial score (nSPS) is 11.4. The third-order valence-electron chi connectivity index (χ3n) is 2.98. The van der Waals surface area contributed by atoms with Gasteiger partial charge in [0.05, 0.1) is 9.95 Å². The number of nitro groups is 1. The van der Waals surface area contributed by atoms with Crippen LogP contribution in [0.5, 0.6) is 0 Å². The number of benzene rings is 1. The Morgan fingerprint density at radius 1 is 1.50 bits per heavy atom. The largest absolute Gasteiger partial charge is 0.385 e. The Bertz CT molecular complexity index is 495. The molecule has 0 aliphatic rings. The fourth-order valence-electron chi connectivity index (χ4n) is 1.63. The van der Waals surface area contributed by atoms with Crippen molar-refractivity contribution in [2.24, 2.45) is 5.41 Å². The molecule has 5 nitrogen and oxygen atoms in total. The first-order chi connectivity index (χ1) is 9.26. The number of hydrogen-bond acceptors (Lipinski definition) is 4. The average Bonchev–Trinajstić information content (AvgIpc) is 2.37. The highest BCUT2D eigenvalue weighted by molar-refractivity contribution is 6.31. The van der Waals surface area contributed by atoms with Crippen molar-refractivity contribution in [2.45, 2.75) is 20.3 Å². The summed E-state index contributed by atoms with van der Waals surface area (Å²) in [6.07, 6.45) is 0.778.